The molecule has 1 fully saturated rings. The van der Waals surface area contributed by atoms with Crippen molar-refractivity contribution in [3.8, 4) is 0 Å². The lowest BCUT2D eigenvalue weighted by molar-refractivity contribution is -0.131. The summed E-state index contributed by atoms with van der Waals surface area (Å²) in [5.41, 5.74) is -0.802. The van der Waals surface area contributed by atoms with Crippen molar-refractivity contribution < 1.29 is 22.8 Å². The zero-order valence-electron chi connectivity index (χ0n) is 15.9. The minimum atomic E-state index is -1.59. The molecule has 3 amide bonds. The molecule has 3 aromatic rings. The first-order valence-electron chi connectivity index (χ1n) is 8.92. The van der Waals surface area contributed by atoms with Crippen molar-refractivity contribution in [2.75, 3.05) is 0 Å². The number of nitrogens with one attached hydrogen (secondary N) is 1. The van der Waals surface area contributed by atoms with E-state index in [0.29, 0.717) is 21.5 Å². The van der Waals surface area contributed by atoms with Gasteiger partial charge in [-0.25, -0.2) is 18.4 Å². The SMILES string of the molecule is Cc1cc2oc(=O)cc(CN3C(=O)NC(C)(c4ccc(F)c(F)c4)C3=O)c2cc1Cl. The average Bonchev–Trinajstić information content (AvgIpc) is 2.89. The van der Waals surface area contributed by atoms with Gasteiger partial charge in [-0.05, 0) is 54.8 Å². The summed E-state index contributed by atoms with van der Waals surface area (Å²) in [5.74, 6) is -2.87. The van der Waals surface area contributed by atoms with Crippen molar-refractivity contribution in [2.24, 2.45) is 0 Å². The molecule has 1 aliphatic rings. The number of amides is 3. The molecule has 1 aromatic heterocycles. The Labute approximate surface area is 174 Å². The largest absolute Gasteiger partial charge is 0.423 e. The van der Waals surface area contributed by atoms with Crippen LogP contribution in [0.3, 0.4) is 0 Å². The van der Waals surface area contributed by atoms with E-state index in [1.807, 2.05) is 0 Å². The van der Waals surface area contributed by atoms with Gasteiger partial charge in [-0.15, -0.1) is 0 Å². The van der Waals surface area contributed by atoms with Gasteiger partial charge in [0.25, 0.3) is 5.91 Å². The number of hydrogen-bond donors (Lipinski definition) is 1. The third-order valence-corrected chi connectivity index (χ3v) is 5.62. The molecule has 9 heteroatoms. The minimum absolute atomic E-state index is 0.0957. The molecule has 1 aliphatic heterocycles. The lowest BCUT2D eigenvalue weighted by atomic mass is 9.92. The van der Waals surface area contributed by atoms with E-state index in [-0.39, 0.29) is 17.7 Å². The summed E-state index contributed by atoms with van der Waals surface area (Å²) in [6.45, 7) is 2.92. The van der Waals surface area contributed by atoms with Crippen molar-refractivity contribution in [3.63, 3.8) is 0 Å². The van der Waals surface area contributed by atoms with Gasteiger partial charge in [0, 0.05) is 16.5 Å². The van der Waals surface area contributed by atoms with Gasteiger partial charge in [0.05, 0.1) is 6.54 Å². The van der Waals surface area contributed by atoms with Crippen molar-refractivity contribution >= 4 is 34.5 Å². The topological polar surface area (TPSA) is 79.6 Å². The van der Waals surface area contributed by atoms with Gasteiger partial charge >= 0.3 is 11.7 Å². The first-order chi connectivity index (χ1) is 14.1. The number of urea groups is 1. The molecule has 1 saturated heterocycles. The fourth-order valence-electron chi connectivity index (χ4n) is 3.49. The van der Waals surface area contributed by atoms with Crippen molar-refractivity contribution in [3.05, 3.63) is 80.2 Å². The molecule has 0 saturated carbocycles. The van der Waals surface area contributed by atoms with E-state index >= 15 is 0 Å². The summed E-state index contributed by atoms with van der Waals surface area (Å²) in [6.07, 6.45) is 0. The maximum atomic E-state index is 13.7. The summed E-state index contributed by atoms with van der Waals surface area (Å²) in [6, 6.07) is 6.63. The van der Waals surface area contributed by atoms with Crippen LogP contribution in [-0.4, -0.2) is 16.8 Å². The predicted molar refractivity (Wildman–Crippen MR) is 105 cm³/mol. The van der Waals surface area contributed by atoms with Gasteiger partial charge in [0.1, 0.15) is 11.1 Å². The molecule has 0 spiro atoms. The highest BCUT2D eigenvalue weighted by molar-refractivity contribution is 6.32. The second kappa shape index (κ2) is 6.91. The van der Waals surface area contributed by atoms with Gasteiger partial charge in [-0.1, -0.05) is 17.7 Å². The van der Waals surface area contributed by atoms with E-state index in [4.69, 9.17) is 16.0 Å². The number of nitrogens with zero attached hydrogens (tertiary/aromatic N) is 1. The lowest BCUT2D eigenvalue weighted by Crippen LogP contribution is -2.41. The van der Waals surface area contributed by atoms with Gasteiger partial charge < -0.3 is 9.73 Å². The van der Waals surface area contributed by atoms with Crippen LogP contribution < -0.4 is 10.9 Å². The van der Waals surface area contributed by atoms with E-state index in [1.54, 1.807) is 19.1 Å². The zero-order chi connectivity index (χ0) is 21.8. The normalized spacial score (nSPS) is 18.9. The highest BCUT2D eigenvalue weighted by atomic mass is 35.5. The van der Waals surface area contributed by atoms with Crippen LogP contribution in [0.4, 0.5) is 13.6 Å². The number of fused-ring (bicyclic) bond motifs is 1. The van der Waals surface area contributed by atoms with E-state index < -0.39 is 34.7 Å². The second-order valence-corrected chi connectivity index (χ2v) is 7.67. The Morgan fingerprint density at radius 3 is 2.53 bits per heavy atom. The molecule has 1 N–H and O–H groups in total. The van der Waals surface area contributed by atoms with Crippen LogP contribution in [0.2, 0.25) is 5.02 Å². The van der Waals surface area contributed by atoms with Crippen LogP contribution in [0.15, 0.2) is 45.6 Å². The van der Waals surface area contributed by atoms with Crippen LogP contribution in [-0.2, 0) is 16.9 Å². The van der Waals surface area contributed by atoms with E-state index in [2.05, 4.69) is 5.32 Å². The fraction of sp³-hybridized carbons (Fsp3) is 0.190. The van der Waals surface area contributed by atoms with Crippen LogP contribution >= 0.6 is 11.6 Å². The highest BCUT2D eigenvalue weighted by Gasteiger charge is 2.49. The average molecular weight is 433 g/mol. The smallest absolute Gasteiger partial charge is 0.336 e. The Kier molecular flexibility index (Phi) is 4.62. The number of hydrogen-bond acceptors (Lipinski definition) is 4. The minimum Gasteiger partial charge on any atom is -0.423 e. The van der Waals surface area contributed by atoms with Crippen molar-refractivity contribution in [1.82, 2.24) is 10.2 Å². The summed E-state index contributed by atoms with van der Waals surface area (Å²) in [4.78, 5) is 38.5. The molecule has 0 aliphatic carbocycles. The third kappa shape index (κ3) is 3.13. The van der Waals surface area contributed by atoms with Crippen LogP contribution in [0.1, 0.15) is 23.6 Å². The van der Waals surface area contributed by atoms with Crippen molar-refractivity contribution in [1.29, 1.82) is 0 Å². The summed E-state index contributed by atoms with van der Waals surface area (Å²) in [7, 11) is 0. The summed E-state index contributed by atoms with van der Waals surface area (Å²) >= 11 is 6.18. The number of imide groups is 1. The van der Waals surface area contributed by atoms with Crippen molar-refractivity contribution in [2.45, 2.75) is 25.9 Å². The number of carbonyl (C=O) groups excluding carboxylic acids is 2. The van der Waals surface area contributed by atoms with E-state index in [9.17, 15) is 23.2 Å². The third-order valence-electron chi connectivity index (χ3n) is 5.21. The van der Waals surface area contributed by atoms with Gasteiger partial charge in [-0.3, -0.25) is 9.69 Å². The standard InChI is InChI=1S/C21H15ClF2N2O4/c1-10-5-17-13(8-14(10)22)11(6-18(27)30-17)9-26-19(28)21(2,25-20(26)29)12-3-4-15(23)16(24)7-12/h3-8H,9H2,1-2H3,(H,25,29). The molecule has 6 nitrogen and oxygen atoms in total. The fourth-order valence-corrected chi connectivity index (χ4v) is 3.66. The van der Waals surface area contributed by atoms with E-state index in [1.165, 1.54) is 19.1 Å². The maximum absolute atomic E-state index is 13.7. The highest BCUT2D eigenvalue weighted by Crippen LogP contribution is 2.32. The van der Waals surface area contributed by atoms with Gasteiger partial charge in [0.2, 0.25) is 0 Å². The monoisotopic (exact) mass is 432 g/mol. The molecule has 2 aromatic carbocycles. The molecule has 30 heavy (non-hydrogen) atoms. The maximum Gasteiger partial charge on any atom is 0.336 e. The summed E-state index contributed by atoms with van der Waals surface area (Å²) < 4.78 is 32.2. The quantitative estimate of drug-likeness (QED) is 0.501. The number of rotatable bonds is 3. The molecule has 4 rings (SSSR count). The van der Waals surface area contributed by atoms with Gasteiger partial charge in [-0.2, -0.15) is 0 Å². The Morgan fingerprint density at radius 2 is 1.83 bits per heavy atom. The predicted octanol–water partition coefficient (Wildman–Crippen LogP) is 4.00. The molecular formula is C21H15ClF2N2O4. The number of aryl methyl sites for hydroxylation is 1. The van der Waals surface area contributed by atoms with Crippen LogP contribution in [0.25, 0.3) is 11.0 Å². The van der Waals surface area contributed by atoms with Gasteiger partial charge in [0.15, 0.2) is 11.6 Å². The first kappa shape index (κ1) is 20.0. The molecule has 154 valence electrons. The molecule has 1 atom stereocenters. The summed E-state index contributed by atoms with van der Waals surface area (Å²) in [5, 5.41) is 3.43. The lowest BCUT2D eigenvalue weighted by Gasteiger charge is -2.22. The molecule has 0 radical (unpaired) electrons. The molecule has 1 unspecified atom stereocenters. The van der Waals surface area contributed by atoms with E-state index in [0.717, 1.165) is 17.0 Å². The Hall–Kier alpha value is -3.26. The zero-order valence-corrected chi connectivity index (χ0v) is 16.6. The molecule has 2 heterocycles. The number of carbonyl (C=O) groups is 2. The number of benzene rings is 2. The Bertz CT molecular complexity index is 1290. The molecular weight excluding hydrogens is 418 g/mol. The Balaban J connectivity index is 1.75. The second-order valence-electron chi connectivity index (χ2n) is 7.26. The first-order valence-corrected chi connectivity index (χ1v) is 9.30. The number of halogens is 3. The molecule has 0 bridgehead atoms. The van der Waals surface area contributed by atoms with Crippen LogP contribution in [0.5, 0.6) is 0 Å². The van der Waals surface area contributed by atoms with Crippen LogP contribution in [0, 0.1) is 18.6 Å². The Morgan fingerprint density at radius 1 is 1.10 bits per heavy atom.